The maximum absolute atomic E-state index is 6.27. The van der Waals surface area contributed by atoms with Crippen LogP contribution in [0.5, 0.6) is 0 Å². The molecule has 1 fully saturated rings. The summed E-state index contributed by atoms with van der Waals surface area (Å²) in [6.45, 7) is 1.83. The van der Waals surface area contributed by atoms with Crippen molar-refractivity contribution >= 4 is 17.3 Å². The van der Waals surface area contributed by atoms with Crippen molar-refractivity contribution in [2.45, 2.75) is 32.0 Å². The van der Waals surface area contributed by atoms with E-state index in [1.807, 2.05) is 30.3 Å². The molecule has 0 aliphatic heterocycles. The molecule has 2 aromatic carbocycles. The smallest absolute Gasteiger partial charge is 0.0451 e. The van der Waals surface area contributed by atoms with Crippen molar-refractivity contribution in [2.75, 3.05) is 5.73 Å². The first-order valence-corrected chi connectivity index (χ1v) is 7.42. The summed E-state index contributed by atoms with van der Waals surface area (Å²) in [5, 5.41) is 0.853. The zero-order valence-electron chi connectivity index (χ0n) is 11.4. The molecule has 1 aliphatic rings. The summed E-state index contributed by atoms with van der Waals surface area (Å²) in [5.74, 6) is 0. The second-order valence-corrected chi connectivity index (χ2v) is 5.88. The predicted octanol–water partition coefficient (Wildman–Crippen LogP) is 4.09. The van der Waals surface area contributed by atoms with E-state index in [1.165, 1.54) is 24.0 Å². The van der Waals surface area contributed by atoms with Crippen LogP contribution in [0.25, 0.3) is 0 Å². The van der Waals surface area contributed by atoms with Crippen molar-refractivity contribution in [3.63, 3.8) is 0 Å². The van der Waals surface area contributed by atoms with Gasteiger partial charge >= 0.3 is 0 Å². The minimum absolute atomic E-state index is 0.688. The minimum Gasteiger partial charge on any atom is -0.399 e. The van der Waals surface area contributed by atoms with Gasteiger partial charge in [-0.05, 0) is 42.2 Å². The molecule has 104 valence electrons. The van der Waals surface area contributed by atoms with Gasteiger partial charge in [0.25, 0.3) is 0 Å². The molecule has 0 atom stereocenters. The van der Waals surface area contributed by atoms with Crippen LogP contribution in [0.2, 0.25) is 5.02 Å². The third-order valence-corrected chi connectivity index (χ3v) is 4.10. The Kier molecular flexibility index (Phi) is 3.95. The van der Waals surface area contributed by atoms with Crippen LogP contribution in [0.4, 0.5) is 5.69 Å². The normalized spacial score (nSPS) is 14.7. The van der Waals surface area contributed by atoms with Crippen molar-refractivity contribution in [2.24, 2.45) is 0 Å². The third kappa shape index (κ3) is 3.33. The zero-order valence-corrected chi connectivity index (χ0v) is 12.2. The van der Waals surface area contributed by atoms with E-state index >= 15 is 0 Å². The SMILES string of the molecule is Nc1cccc(CN(Cc2ccccc2Cl)C2CC2)c1. The summed E-state index contributed by atoms with van der Waals surface area (Å²) >= 11 is 6.27. The standard InChI is InChI=1S/C17H19ClN2/c18-17-7-2-1-5-14(17)12-20(16-8-9-16)11-13-4-3-6-15(19)10-13/h1-7,10,16H,8-9,11-12,19H2. The number of nitrogens with zero attached hydrogens (tertiary/aromatic N) is 1. The van der Waals surface area contributed by atoms with Crippen LogP contribution in [0.1, 0.15) is 24.0 Å². The molecule has 0 unspecified atom stereocenters. The number of hydrogen-bond donors (Lipinski definition) is 1. The number of anilines is 1. The Morgan fingerprint density at radius 1 is 1.05 bits per heavy atom. The molecular formula is C17H19ClN2. The molecule has 3 heteroatoms. The van der Waals surface area contributed by atoms with Gasteiger partial charge in [-0.1, -0.05) is 41.9 Å². The molecular weight excluding hydrogens is 268 g/mol. The van der Waals surface area contributed by atoms with Gasteiger partial charge in [0.05, 0.1) is 0 Å². The van der Waals surface area contributed by atoms with Crippen LogP contribution in [-0.2, 0) is 13.1 Å². The summed E-state index contributed by atoms with van der Waals surface area (Å²) in [6, 6.07) is 16.9. The van der Waals surface area contributed by atoms with Gasteiger partial charge in [0, 0.05) is 29.8 Å². The largest absolute Gasteiger partial charge is 0.399 e. The minimum atomic E-state index is 0.688. The molecule has 2 N–H and O–H groups in total. The number of nitrogens with two attached hydrogens (primary N) is 1. The maximum atomic E-state index is 6.27. The lowest BCUT2D eigenvalue weighted by molar-refractivity contribution is 0.246. The van der Waals surface area contributed by atoms with Crippen molar-refractivity contribution in [1.82, 2.24) is 4.90 Å². The Bertz CT molecular complexity index is 593. The molecule has 0 saturated heterocycles. The lowest BCUT2D eigenvalue weighted by atomic mass is 10.1. The number of rotatable bonds is 5. The van der Waals surface area contributed by atoms with Gasteiger partial charge in [-0.2, -0.15) is 0 Å². The average molecular weight is 287 g/mol. The van der Waals surface area contributed by atoms with Crippen LogP contribution in [-0.4, -0.2) is 10.9 Å². The molecule has 3 rings (SSSR count). The molecule has 1 aliphatic carbocycles. The van der Waals surface area contributed by atoms with Crippen molar-refractivity contribution in [3.05, 3.63) is 64.7 Å². The third-order valence-electron chi connectivity index (χ3n) is 3.73. The van der Waals surface area contributed by atoms with E-state index < -0.39 is 0 Å². The van der Waals surface area contributed by atoms with E-state index in [4.69, 9.17) is 17.3 Å². The summed E-state index contributed by atoms with van der Waals surface area (Å²) < 4.78 is 0. The van der Waals surface area contributed by atoms with Gasteiger partial charge in [-0.15, -0.1) is 0 Å². The second kappa shape index (κ2) is 5.86. The Morgan fingerprint density at radius 2 is 1.85 bits per heavy atom. The number of halogens is 1. The second-order valence-electron chi connectivity index (χ2n) is 5.47. The number of hydrogen-bond acceptors (Lipinski definition) is 2. The number of benzene rings is 2. The summed E-state index contributed by atoms with van der Waals surface area (Å²) in [4.78, 5) is 2.50. The van der Waals surface area contributed by atoms with Crippen LogP contribution in [0, 0.1) is 0 Å². The first-order valence-electron chi connectivity index (χ1n) is 7.04. The predicted molar refractivity (Wildman–Crippen MR) is 84.6 cm³/mol. The molecule has 1 saturated carbocycles. The summed E-state index contributed by atoms with van der Waals surface area (Å²) in [7, 11) is 0. The van der Waals surface area contributed by atoms with E-state index in [0.29, 0.717) is 6.04 Å². The lowest BCUT2D eigenvalue weighted by Crippen LogP contribution is -2.25. The quantitative estimate of drug-likeness (QED) is 0.839. The molecule has 20 heavy (non-hydrogen) atoms. The first-order chi connectivity index (χ1) is 9.72. The molecule has 2 aromatic rings. The van der Waals surface area contributed by atoms with E-state index in [0.717, 1.165) is 23.8 Å². The highest BCUT2D eigenvalue weighted by Crippen LogP contribution is 2.31. The first kappa shape index (κ1) is 13.5. The van der Waals surface area contributed by atoms with Crippen molar-refractivity contribution in [1.29, 1.82) is 0 Å². The van der Waals surface area contributed by atoms with Crippen LogP contribution in [0.15, 0.2) is 48.5 Å². The monoisotopic (exact) mass is 286 g/mol. The van der Waals surface area contributed by atoms with Crippen LogP contribution < -0.4 is 5.73 Å². The van der Waals surface area contributed by atoms with Gasteiger partial charge in [0.1, 0.15) is 0 Å². The van der Waals surface area contributed by atoms with Crippen molar-refractivity contribution in [3.8, 4) is 0 Å². The summed E-state index contributed by atoms with van der Waals surface area (Å²) in [6.07, 6.45) is 2.57. The Labute approximate surface area is 125 Å². The topological polar surface area (TPSA) is 29.3 Å². The fourth-order valence-corrected chi connectivity index (χ4v) is 2.72. The maximum Gasteiger partial charge on any atom is 0.0451 e. The van der Waals surface area contributed by atoms with Gasteiger partial charge < -0.3 is 5.73 Å². The molecule has 0 aromatic heterocycles. The van der Waals surface area contributed by atoms with Crippen molar-refractivity contribution < 1.29 is 0 Å². The van der Waals surface area contributed by atoms with Crippen LogP contribution in [0.3, 0.4) is 0 Å². The Balaban J connectivity index is 1.75. The highest BCUT2D eigenvalue weighted by molar-refractivity contribution is 6.31. The molecule has 2 nitrogen and oxygen atoms in total. The number of nitrogen functional groups attached to an aromatic ring is 1. The zero-order chi connectivity index (χ0) is 13.9. The Morgan fingerprint density at radius 3 is 2.55 bits per heavy atom. The summed E-state index contributed by atoms with van der Waals surface area (Å²) in [5.41, 5.74) is 9.16. The molecule has 0 radical (unpaired) electrons. The van der Waals surface area contributed by atoms with Gasteiger partial charge in [-0.25, -0.2) is 0 Å². The highest BCUT2D eigenvalue weighted by Gasteiger charge is 2.29. The fourth-order valence-electron chi connectivity index (χ4n) is 2.53. The molecule has 0 bridgehead atoms. The van der Waals surface area contributed by atoms with Gasteiger partial charge in [0.15, 0.2) is 0 Å². The van der Waals surface area contributed by atoms with Crippen LogP contribution >= 0.6 is 11.6 Å². The highest BCUT2D eigenvalue weighted by atomic mass is 35.5. The van der Waals surface area contributed by atoms with Gasteiger partial charge in [-0.3, -0.25) is 4.90 Å². The average Bonchev–Trinajstić information content (AvgIpc) is 3.25. The van der Waals surface area contributed by atoms with E-state index in [1.54, 1.807) is 0 Å². The Hall–Kier alpha value is -1.51. The molecule has 0 amide bonds. The van der Waals surface area contributed by atoms with Gasteiger partial charge in [0.2, 0.25) is 0 Å². The van der Waals surface area contributed by atoms with E-state index in [2.05, 4.69) is 23.1 Å². The fraction of sp³-hybridized carbons (Fsp3) is 0.294. The molecule has 0 spiro atoms. The molecule has 0 heterocycles. The van der Waals surface area contributed by atoms with E-state index in [-0.39, 0.29) is 0 Å². The van der Waals surface area contributed by atoms with E-state index in [9.17, 15) is 0 Å². The lowest BCUT2D eigenvalue weighted by Gasteiger charge is -2.23.